The summed E-state index contributed by atoms with van der Waals surface area (Å²) in [6.07, 6.45) is 84.5. The van der Waals surface area contributed by atoms with E-state index < -0.39 is 12.1 Å². The summed E-state index contributed by atoms with van der Waals surface area (Å²) in [5.74, 6) is -0.0793. The molecule has 0 saturated heterocycles. The van der Waals surface area contributed by atoms with Gasteiger partial charge in [0, 0.05) is 12.8 Å². The van der Waals surface area contributed by atoms with Crippen LogP contribution in [0, 0.1) is 0 Å². The fourth-order valence-electron chi connectivity index (χ4n) is 10.4. The highest BCUT2D eigenvalue weighted by Crippen LogP contribution is 2.18. The van der Waals surface area contributed by atoms with E-state index in [1.54, 1.807) is 6.08 Å². The lowest BCUT2D eigenvalue weighted by molar-refractivity contribution is -0.143. The Morgan fingerprint density at radius 1 is 0.368 bits per heavy atom. The van der Waals surface area contributed by atoms with E-state index in [1.165, 1.54) is 270 Å². The molecule has 3 N–H and O–H groups in total. The Labute approximate surface area is 474 Å². The van der Waals surface area contributed by atoms with Crippen molar-refractivity contribution < 1.29 is 24.5 Å². The first kappa shape index (κ1) is 73.8. The van der Waals surface area contributed by atoms with Crippen LogP contribution in [0.3, 0.4) is 0 Å². The first-order chi connectivity index (χ1) is 37.5. The smallest absolute Gasteiger partial charge is 0.305 e. The Balaban J connectivity index is 3.47. The number of ether oxygens (including phenoxy) is 1. The zero-order valence-corrected chi connectivity index (χ0v) is 51.0. The van der Waals surface area contributed by atoms with Crippen LogP contribution >= 0.6 is 0 Å². The summed E-state index contributed by atoms with van der Waals surface area (Å²) in [4.78, 5) is 24.6. The molecule has 6 heteroatoms. The SMILES string of the molecule is CCCCC/C=C\C/C=C\CCCCCCCCCC(=O)OCCCCCCCCCC/C=C\CCCCCCCCCC(=O)NC(CO)C(O)/C=C/CCCCCCCCCCCCCCCCCCCCCCC. The fraction of sp³-hybridized carbons (Fsp3) is 0.857. The molecular weight excluding hydrogens is 935 g/mol. The van der Waals surface area contributed by atoms with Crippen LogP contribution in [0.15, 0.2) is 48.6 Å². The molecule has 6 nitrogen and oxygen atoms in total. The quantitative estimate of drug-likeness (QED) is 0.0320. The molecule has 0 aliphatic heterocycles. The van der Waals surface area contributed by atoms with Crippen LogP contribution < -0.4 is 5.32 Å². The molecule has 0 aromatic heterocycles. The molecule has 0 aromatic carbocycles. The van der Waals surface area contributed by atoms with Gasteiger partial charge in [0.1, 0.15) is 0 Å². The highest BCUT2D eigenvalue weighted by Gasteiger charge is 2.18. The zero-order chi connectivity index (χ0) is 55.0. The van der Waals surface area contributed by atoms with Crippen molar-refractivity contribution in [2.24, 2.45) is 0 Å². The maximum Gasteiger partial charge on any atom is 0.305 e. The van der Waals surface area contributed by atoms with Gasteiger partial charge in [-0.2, -0.15) is 0 Å². The largest absolute Gasteiger partial charge is 0.466 e. The molecule has 0 aromatic rings. The number of unbranched alkanes of at least 4 members (excludes halogenated alkanes) is 46. The maximum absolute atomic E-state index is 12.5. The van der Waals surface area contributed by atoms with Gasteiger partial charge >= 0.3 is 5.97 Å². The van der Waals surface area contributed by atoms with Gasteiger partial charge in [0.25, 0.3) is 0 Å². The number of carbonyl (C=O) groups is 2. The molecule has 0 spiro atoms. The monoisotopic (exact) mass is 1070 g/mol. The summed E-state index contributed by atoms with van der Waals surface area (Å²) in [5, 5.41) is 23.2. The second-order valence-corrected chi connectivity index (χ2v) is 23.1. The van der Waals surface area contributed by atoms with Crippen molar-refractivity contribution >= 4 is 11.9 Å². The second-order valence-electron chi connectivity index (χ2n) is 23.1. The van der Waals surface area contributed by atoms with E-state index in [-0.39, 0.29) is 18.5 Å². The minimum atomic E-state index is -0.853. The number of esters is 1. The third-order valence-electron chi connectivity index (χ3n) is 15.6. The molecule has 0 aliphatic rings. The van der Waals surface area contributed by atoms with E-state index in [9.17, 15) is 19.8 Å². The van der Waals surface area contributed by atoms with Crippen LogP contribution in [-0.2, 0) is 14.3 Å². The number of rotatable bonds is 63. The highest BCUT2D eigenvalue weighted by molar-refractivity contribution is 5.76. The zero-order valence-electron chi connectivity index (χ0n) is 51.0. The summed E-state index contributed by atoms with van der Waals surface area (Å²) < 4.78 is 5.49. The molecule has 0 bridgehead atoms. The van der Waals surface area contributed by atoms with Crippen LogP contribution in [0.4, 0.5) is 0 Å². The van der Waals surface area contributed by atoms with E-state index in [2.05, 4.69) is 55.6 Å². The predicted octanol–water partition coefficient (Wildman–Crippen LogP) is 21.7. The summed E-state index contributed by atoms with van der Waals surface area (Å²) in [6, 6.07) is -0.638. The Hall–Kier alpha value is -2.18. The lowest BCUT2D eigenvalue weighted by Gasteiger charge is -2.20. The minimum Gasteiger partial charge on any atom is -0.466 e. The van der Waals surface area contributed by atoms with Gasteiger partial charge in [0.05, 0.1) is 25.4 Å². The number of nitrogens with one attached hydrogen (secondary N) is 1. The number of hydrogen-bond donors (Lipinski definition) is 3. The molecule has 0 saturated carbocycles. The van der Waals surface area contributed by atoms with Gasteiger partial charge in [-0.15, -0.1) is 0 Å². The number of aliphatic hydroxyl groups excluding tert-OH is 2. The first-order valence-electron chi connectivity index (χ1n) is 33.9. The molecular formula is C70H131NO5. The van der Waals surface area contributed by atoms with Crippen molar-refractivity contribution in [1.29, 1.82) is 0 Å². The van der Waals surface area contributed by atoms with E-state index in [0.717, 1.165) is 64.2 Å². The summed E-state index contributed by atoms with van der Waals surface area (Å²) in [7, 11) is 0. The fourth-order valence-corrected chi connectivity index (χ4v) is 10.4. The summed E-state index contributed by atoms with van der Waals surface area (Å²) in [6.45, 7) is 4.89. The van der Waals surface area contributed by atoms with Gasteiger partial charge in [-0.1, -0.05) is 306 Å². The number of carbonyl (C=O) groups excluding carboxylic acids is 2. The Morgan fingerprint density at radius 2 is 0.658 bits per heavy atom. The number of aliphatic hydroxyl groups is 2. The minimum absolute atomic E-state index is 0.00432. The summed E-state index contributed by atoms with van der Waals surface area (Å²) >= 11 is 0. The Kier molecular flexibility index (Phi) is 63.5. The second kappa shape index (κ2) is 65.3. The molecule has 0 heterocycles. The number of allylic oxidation sites excluding steroid dienone is 7. The maximum atomic E-state index is 12.5. The molecule has 446 valence electrons. The van der Waals surface area contributed by atoms with Crippen LogP contribution in [0.1, 0.15) is 361 Å². The van der Waals surface area contributed by atoms with Crippen molar-refractivity contribution in [2.75, 3.05) is 13.2 Å². The average molecular weight is 1070 g/mol. The molecule has 1 amide bonds. The van der Waals surface area contributed by atoms with Gasteiger partial charge in [-0.3, -0.25) is 9.59 Å². The third kappa shape index (κ3) is 61.0. The van der Waals surface area contributed by atoms with Crippen LogP contribution in [0.25, 0.3) is 0 Å². The van der Waals surface area contributed by atoms with Crippen molar-refractivity contribution in [2.45, 2.75) is 373 Å². The van der Waals surface area contributed by atoms with Crippen LogP contribution in [0.2, 0.25) is 0 Å². The van der Waals surface area contributed by atoms with Crippen molar-refractivity contribution in [3.63, 3.8) is 0 Å². The summed E-state index contributed by atoms with van der Waals surface area (Å²) in [5.41, 5.74) is 0. The highest BCUT2D eigenvalue weighted by atomic mass is 16.5. The molecule has 2 unspecified atom stereocenters. The van der Waals surface area contributed by atoms with Crippen LogP contribution in [0.5, 0.6) is 0 Å². The standard InChI is InChI=1S/C70H131NO5/c1-3-5-7-9-11-13-15-17-19-21-22-23-24-25-27-31-34-38-42-46-50-54-58-62-68(73)67(66-72)71-69(74)63-59-55-51-47-43-39-35-32-28-26-29-33-37-41-45-49-53-57-61-65-76-70(75)64-60-56-52-48-44-40-36-30-20-18-16-14-12-10-8-6-4-2/h12,14,18,20,26,28,58,62,67-68,72-73H,3-11,13,15-17,19,21-25,27,29-57,59-61,63-66H2,1-2H3,(H,71,74)/b14-12-,20-18-,28-26-,62-58+. The van der Waals surface area contributed by atoms with E-state index >= 15 is 0 Å². The topological polar surface area (TPSA) is 95.9 Å². The van der Waals surface area contributed by atoms with Crippen molar-refractivity contribution in [3.05, 3.63) is 48.6 Å². The van der Waals surface area contributed by atoms with Crippen molar-refractivity contribution in [1.82, 2.24) is 5.32 Å². The van der Waals surface area contributed by atoms with Gasteiger partial charge < -0.3 is 20.3 Å². The van der Waals surface area contributed by atoms with Gasteiger partial charge in [-0.25, -0.2) is 0 Å². The van der Waals surface area contributed by atoms with E-state index in [0.29, 0.717) is 19.4 Å². The molecule has 0 radical (unpaired) electrons. The lowest BCUT2D eigenvalue weighted by atomic mass is 10.0. The lowest BCUT2D eigenvalue weighted by Crippen LogP contribution is -2.45. The molecule has 76 heavy (non-hydrogen) atoms. The predicted molar refractivity (Wildman–Crippen MR) is 333 cm³/mol. The number of amides is 1. The van der Waals surface area contributed by atoms with Gasteiger partial charge in [-0.05, 0) is 89.9 Å². The van der Waals surface area contributed by atoms with Gasteiger partial charge in [0.15, 0.2) is 0 Å². The normalized spacial score (nSPS) is 12.8. The Bertz CT molecular complexity index is 1270. The Morgan fingerprint density at radius 3 is 1.04 bits per heavy atom. The van der Waals surface area contributed by atoms with E-state index in [1.807, 2.05) is 6.08 Å². The molecule has 0 fully saturated rings. The third-order valence-corrected chi connectivity index (χ3v) is 15.6. The van der Waals surface area contributed by atoms with Gasteiger partial charge in [0.2, 0.25) is 5.91 Å². The van der Waals surface area contributed by atoms with Crippen LogP contribution in [-0.4, -0.2) is 47.4 Å². The molecule has 0 rings (SSSR count). The molecule has 2 atom stereocenters. The van der Waals surface area contributed by atoms with E-state index in [4.69, 9.17) is 4.74 Å². The molecule has 0 aliphatic carbocycles. The first-order valence-corrected chi connectivity index (χ1v) is 33.9. The number of hydrogen-bond acceptors (Lipinski definition) is 5. The van der Waals surface area contributed by atoms with Crippen molar-refractivity contribution in [3.8, 4) is 0 Å². The average Bonchev–Trinajstić information content (AvgIpc) is 3.42.